The van der Waals surface area contributed by atoms with Crippen LogP contribution >= 0.6 is 0 Å². The zero-order valence-corrected chi connectivity index (χ0v) is 14.1. The Morgan fingerprint density at radius 2 is 1.70 bits per heavy atom. The summed E-state index contributed by atoms with van der Waals surface area (Å²) in [5.41, 5.74) is 1.30. The number of rotatable bonds is 7. The Kier molecular flexibility index (Phi) is 6.31. The lowest BCUT2D eigenvalue weighted by atomic mass is 10.1. The summed E-state index contributed by atoms with van der Waals surface area (Å²) in [6, 6.07) is 8.29. The van der Waals surface area contributed by atoms with Crippen LogP contribution in [0.4, 0.5) is 0 Å². The van der Waals surface area contributed by atoms with Crippen LogP contribution in [0.15, 0.2) is 24.3 Å². The Balaban J connectivity index is 1.42. The summed E-state index contributed by atoms with van der Waals surface area (Å²) in [6.45, 7) is 6.76. The summed E-state index contributed by atoms with van der Waals surface area (Å²) in [4.78, 5) is 4.81. The van der Waals surface area contributed by atoms with Crippen LogP contribution in [0.1, 0.15) is 37.7 Å². The van der Waals surface area contributed by atoms with Crippen LogP contribution in [-0.4, -0.2) is 60.3 Å². The van der Waals surface area contributed by atoms with Gasteiger partial charge in [-0.25, -0.2) is 0 Å². The fraction of sp³-hybridized carbons (Fsp3) is 0.684. The van der Waals surface area contributed by atoms with Crippen LogP contribution in [0.2, 0.25) is 0 Å². The molecule has 0 radical (unpaired) electrons. The topological polar surface area (TPSA) is 35.9 Å². The molecule has 0 aliphatic carbocycles. The van der Waals surface area contributed by atoms with Crippen molar-refractivity contribution in [3.05, 3.63) is 29.8 Å². The van der Waals surface area contributed by atoms with Crippen molar-refractivity contribution in [2.24, 2.45) is 0 Å². The molecule has 0 spiro atoms. The molecule has 1 aromatic carbocycles. The van der Waals surface area contributed by atoms with Gasteiger partial charge in [0.15, 0.2) is 0 Å². The second-order valence-electron chi connectivity index (χ2n) is 6.96. The van der Waals surface area contributed by atoms with E-state index in [1.165, 1.54) is 50.8 Å². The second kappa shape index (κ2) is 8.67. The van der Waals surface area contributed by atoms with Gasteiger partial charge in [-0.1, -0.05) is 25.0 Å². The standard InChI is InChI=1S/C19H30N2O2/c22-18(15-21-9-3-1-2-4-10-21)16-23-19-8-5-7-17(13-19)14-20-11-6-12-20/h5,7-8,13,18,22H,1-4,6,9-12,14-16H2/t18-/m1/s1. The second-order valence-corrected chi connectivity index (χ2v) is 6.96. The van der Waals surface area contributed by atoms with Gasteiger partial charge in [-0.05, 0) is 63.1 Å². The molecule has 0 bridgehead atoms. The van der Waals surface area contributed by atoms with E-state index in [-0.39, 0.29) is 0 Å². The third kappa shape index (κ3) is 5.48. The first-order chi connectivity index (χ1) is 11.3. The molecule has 4 nitrogen and oxygen atoms in total. The van der Waals surface area contributed by atoms with Crippen LogP contribution in [0.25, 0.3) is 0 Å². The quantitative estimate of drug-likeness (QED) is 0.838. The molecule has 1 N–H and O–H groups in total. The van der Waals surface area contributed by atoms with Gasteiger partial charge in [-0.15, -0.1) is 0 Å². The Labute approximate surface area is 140 Å². The molecule has 2 aliphatic heterocycles. The van der Waals surface area contributed by atoms with E-state index < -0.39 is 6.10 Å². The number of hydrogen-bond donors (Lipinski definition) is 1. The van der Waals surface area contributed by atoms with Crippen molar-refractivity contribution in [1.29, 1.82) is 0 Å². The molecule has 1 aromatic rings. The zero-order chi connectivity index (χ0) is 15.9. The van der Waals surface area contributed by atoms with Crippen LogP contribution < -0.4 is 4.74 Å². The van der Waals surface area contributed by atoms with Crippen molar-refractivity contribution >= 4 is 0 Å². The van der Waals surface area contributed by atoms with Crippen molar-refractivity contribution in [1.82, 2.24) is 9.80 Å². The third-order valence-corrected chi connectivity index (χ3v) is 4.86. The molecule has 0 aromatic heterocycles. The summed E-state index contributed by atoms with van der Waals surface area (Å²) in [5.74, 6) is 0.873. The van der Waals surface area contributed by atoms with Crippen LogP contribution in [-0.2, 0) is 6.54 Å². The molecular formula is C19H30N2O2. The van der Waals surface area contributed by atoms with Gasteiger partial charge in [-0.2, -0.15) is 0 Å². The Morgan fingerprint density at radius 1 is 0.957 bits per heavy atom. The van der Waals surface area contributed by atoms with Gasteiger partial charge in [0.2, 0.25) is 0 Å². The number of β-amino-alcohol motifs (C(OH)–C–C–N with tert-alkyl or cyclic N) is 1. The highest BCUT2D eigenvalue weighted by Crippen LogP contribution is 2.18. The molecule has 2 saturated heterocycles. The number of benzene rings is 1. The summed E-state index contributed by atoms with van der Waals surface area (Å²) in [6.07, 6.45) is 6.07. The summed E-state index contributed by atoms with van der Waals surface area (Å²) >= 11 is 0. The molecule has 0 saturated carbocycles. The van der Waals surface area contributed by atoms with Gasteiger partial charge in [-0.3, -0.25) is 4.90 Å². The first-order valence-electron chi connectivity index (χ1n) is 9.14. The molecule has 3 rings (SSSR count). The largest absolute Gasteiger partial charge is 0.491 e. The van der Waals surface area contributed by atoms with Crippen LogP contribution in [0, 0.1) is 0 Å². The normalized spacial score (nSPS) is 21.4. The fourth-order valence-electron chi connectivity index (χ4n) is 3.39. The predicted molar refractivity (Wildman–Crippen MR) is 92.7 cm³/mol. The van der Waals surface area contributed by atoms with Crippen LogP contribution in [0.5, 0.6) is 5.75 Å². The van der Waals surface area contributed by atoms with Gasteiger partial charge in [0.1, 0.15) is 18.5 Å². The number of aliphatic hydroxyl groups excluding tert-OH is 1. The molecule has 1 atom stereocenters. The van der Waals surface area contributed by atoms with E-state index in [0.717, 1.165) is 31.9 Å². The highest BCUT2D eigenvalue weighted by atomic mass is 16.5. The molecule has 0 unspecified atom stereocenters. The number of nitrogens with zero attached hydrogens (tertiary/aromatic N) is 2. The molecule has 2 heterocycles. The maximum absolute atomic E-state index is 10.2. The van der Waals surface area contributed by atoms with Crippen molar-refractivity contribution in [2.45, 2.75) is 44.8 Å². The predicted octanol–water partition coefficient (Wildman–Crippen LogP) is 2.51. The van der Waals surface area contributed by atoms with E-state index in [4.69, 9.17) is 4.74 Å². The lowest BCUT2D eigenvalue weighted by Gasteiger charge is -2.30. The maximum Gasteiger partial charge on any atom is 0.119 e. The minimum atomic E-state index is -0.410. The van der Waals surface area contributed by atoms with E-state index in [0.29, 0.717) is 6.61 Å². The molecule has 2 fully saturated rings. The number of ether oxygens (including phenoxy) is 1. The van der Waals surface area contributed by atoms with E-state index in [9.17, 15) is 5.11 Å². The van der Waals surface area contributed by atoms with E-state index in [1.54, 1.807) is 0 Å². The molecular weight excluding hydrogens is 288 g/mol. The average molecular weight is 318 g/mol. The summed E-state index contributed by atoms with van der Waals surface area (Å²) in [5, 5.41) is 10.2. The van der Waals surface area contributed by atoms with Crippen molar-refractivity contribution in [3.8, 4) is 5.75 Å². The number of hydrogen-bond acceptors (Lipinski definition) is 4. The van der Waals surface area contributed by atoms with Crippen molar-refractivity contribution in [2.75, 3.05) is 39.3 Å². The first kappa shape index (κ1) is 16.7. The number of aliphatic hydroxyl groups is 1. The van der Waals surface area contributed by atoms with Gasteiger partial charge in [0, 0.05) is 13.1 Å². The average Bonchev–Trinajstić information content (AvgIpc) is 2.78. The summed E-state index contributed by atoms with van der Waals surface area (Å²) in [7, 11) is 0. The Bertz CT molecular complexity index is 468. The SMILES string of the molecule is O[C@@H](COc1cccc(CN2CCC2)c1)CN1CCCCCC1. The summed E-state index contributed by atoms with van der Waals surface area (Å²) < 4.78 is 5.82. The maximum atomic E-state index is 10.2. The lowest BCUT2D eigenvalue weighted by molar-refractivity contribution is 0.0693. The van der Waals surface area contributed by atoms with Gasteiger partial charge >= 0.3 is 0 Å². The molecule has 2 aliphatic rings. The highest BCUT2D eigenvalue weighted by molar-refractivity contribution is 5.28. The van der Waals surface area contributed by atoms with Gasteiger partial charge < -0.3 is 14.7 Å². The zero-order valence-electron chi connectivity index (χ0n) is 14.1. The number of likely N-dealkylation sites (tertiary alicyclic amines) is 2. The lowest BCUT2D eigenvalue weighted by Crippen LogP contribution is -2.36. The fourth-order valence-corrected chi connectivity index (χ4v) is 3.39. The van der Waals surface area contributed by atoms with E-state index >= 15 is 0 Å². The Hall–Kier alpha value is -1.10. The monoisotopic (exact) mass is 318 g/mol. The Morgan fingerprint density at radius 3 is 2.39 bits per heavy atom. The molecule has 0 amide bonds. The first-order valence-corrected chi connectivity index (χ1v) is 9.14. The third-order valence-electron chi connectivity index (χ3n) is 4.86. The minimum Gasteiger partial charge on any atom is -0.491 e. The van der Waals surface area contributed by atoms with Crippen molar-refractivity contribution in [3.63, 3.8) is 0 Å². The van der Waals surface area contributed by atoms with Gasteiger partial charge in [0.05, 0.1) is 0 Å². The minimum absolute atomic E-state index is 0.379. The smallest absolute Gasteiger partial charge is 0.119 e. The van der Waals surface area contributed by atoms with E-state index in [2.05, 4.69) is 21.9 Å². The molecule has 4 heteroatoms. The van der Waals surface area contributed by atoms with E-state index in [1.807, 2.05) is 12.1 Å². The molecule has 128 valence electrons. The van der Waals surface area contributed by atoms with Crippen LogP contribution in [0.3, 0.4) is 0 Å². The highest BCUT2D eigenvalue weighted by Gasteiger charge is 2.15. The van der Waals surface area contributed by atoms with Gasteiger partial charge in [0.25, 0.3) is 0 Å². The van der Waals surface area contributed by atoms with Crippen molar-refractivity contribution < 1.29 is 9.84 Å². The molecule has 23 heavy (non-hydrogen) atoms.